The summed E-state index contributed by atoms with van der Waals surface area (Å²) in [7, 11) is -4.54. The highest BCUT2D eigenvalue weighted by Gasteiger charge is 2.29. The van der Waals surface area contributed by atoms with Crippen molar-refractivity contribution in [2.24, 2.45) is 0 Å². The molecule has 0 unspecified atom stereocenters. The third-order valence-electron chi connectivity index (χ3n) is 5.47. The zero-order valence-corrected chi connectivity index (χ0v) is 20.7. The molecule has 0 fully saturated rings. The van der Waals surface area contributed by atoms with Crippen LogP contribution in [0.15, 0.2) is 30.5 Å². The first-order chi connectivity index (χ1) is 15.0. The Hall–Kier alpha value is -2.63. The van der Waals surface area contributed by atoms with E-state index >= 15 is 0 Å². The first kappa shape index (κ1) is 22.6. The molecule has 1 aliphatic rings. The van der Waals surface area contributed by atoms with Crippen molar-refractivity contribution < 1.29 is 13.2 Å². The van der Waals surface area contributed by atoms with E-state index in [1.165, 1.54) is 10.6 Å². The Balaban J connectivity index is 1.63. The summed E-state index contributed by atoms with van der Waals surface area (Å²) in [6.07, 6.45) is 3.79. The van der Waals surface area contributed by atoms with E-state index in [1.54, 1.807) is 0 Å². The van der Waals surface area contributed by atoms with E-state index in [4.69, 9.17) is 10.5 Å². The molecule has 2 aromatic heterocycles. The molecule has 0 bridgehead atoms. The Morgan fingerprint density at radius 1 is 1.22 bits per heavy atom. The molecule has 9 nitrogen and oxygen atoms in total. The van der Waals surface area contributed by atoms with Crippen molar-refractivity contribution in [2.45, 2.75) is 38.8 Å². The molecule has 1 aromatic carbocycles. The summed E-state index contributed by atoms with van der Waals surface area (Å²) < 4.78 is 33.8. The number of nitrogen functional groups attached to an aromatic ring is 1. The fourth-order valence-corrected chi connectivity index (χ4v) is 5.53. The van der Waals surface area contributed by atoms with Gasteiger partial charge < -0.3 is 20.4 Å². The molecule has 3 aromatic rings. The van der Waals surface area contributed by atoms with Crippen LogP contribution in [0.5, 0.6) is 0 Å². The van der Waals surface area contributed by atoms with Gasteiger partial charge in [0.2, 0.25) is 16.0 Å². The van der Waals surface area contributed by atoms with E-state index in [-0.39, 0.29) is 5.95 Å². The highest BCUT2D eigenvalue weighted by Crippen LogP contribution is 2.39. The number of nitrogens with zero attached hydrogens (tertiary/aromatic N) is 4. The number of nitrogens with one attached hydrogen (secondary N) is 1. The van der Waals surface area contributed by atoms with Gasteiger partial charge in [-0.25, -0.2) is 8.42 Å². The maximum absolute atomic E-state index is 12.3. The van der Waals surface area contributed by atoms with Crippen molar-refractivity contribution in [3.63, 3.8) is 0 Å². The van der Waals surface area contributed by atoms with Crippen molar-refractivity contribution in [3.05, 3.63) is 36.0 Å². The third kappa shape index (κ3) is 4.74. The molecule has 0 atom stereocenters. The molecule has 0 saturated carbocycles. The van der Waals surface area contributed by atoms with Gasteiger partial charge in [0.15, 0.2) is 0 Å². The van der Waals surface area contributed by atoms with Gasteiger partial charge in [0.1, 0.15) is 18.2 Å². The van der Waals surface area contributed by atoms with Crippen molar-refractivity contribution in [1.82, 2.24) is 14.5 Å². The summed E-state index contributed by atoms with van der Waals surface area (Å²) in [4.78, 5) is 8.79. The fraction of sp³-hybridized carbons (Fsp3) is 0.429. The van der Waals surface area contributed by atoms with E-state index in [9.17, 15) is 8.42 Å². The number of sulfonamides is 1. The number of nitrogens with two attached hydrogens (primary N) is 1. The zero-order chi connectivity index (χ0) is 23.1. The van der Waals surface area contributed by atoms with Crippen LogP contribution in [0.1, 0.15) is 5.56 Å². The standard InChI is InChI=1S/C21H30N6O3SSi/c1-31(28,29)27-11-8-15-6-5-7-17(18(15)27)23-19-16-9-10-26(20(16)25-21(22)24-19)14-30-12-13-32(2,3)4/h5-7,9-10H,8,11-14H2,1-4H3,(H3,22,23,24,25). The maximum Gasteiger partial charge on any atom is 0.232 e. The van der Waals surface area contributed by atoms with Crippen LogP contribution in [0.25, 0.3) is 11.0 Å². The largest absolute Gasteiger partial charge is 0.368 e. The summed E-state index contributed by atoms with van der Waals surface area (Å²) >= 11 is 0. The monoisotopic (exact) mass is 474 g/mol. The minimum atomic E-state index is -3.38. The van der Waals surface area contributed by atoms with Crippen molar-refractivity contribution in [3.8, 4) is 0 Å². The number of rotatable bonds is 8. The molecule has 3 N–H and O–H groups in total. The lowest BCUT2D eigenvalue weighted by molar-refractivity contribution is 0.0899. The fourth-order valence-electron chi connectivity index (χ4n) is 3.80. The Labute approximate surface area is 189 Å². The predicted octanol–water partition coefficient (Wildman–Crippen LogP) is 3.39. The van der Waals surface area contributed by atoms with Gasteiger partial charge in [0, 0.05) is 27.4 Å². The molecule has 172 valence electrons. The second-order valence-corrected chi connectivity index (χ2v) is 16.9. The molecule has 0 aliphatic carbocycles. The average molecular weight is 475 g/mol. The number of anilines is 4. The molecule has 11 heteroatoms. The molecule has 0 spiro atoms. The maximum atomic E-state index is 12.3. The van der Waals surface area contributed by atoms with E-state index in [2.05, 4.69) is 34.9 Å². The normalized spacial score (nSPS) is 14.2. The first-order valence-electron chi connectivity index (χ1n) is 10.6. The second kappa shape index (κ2) is 8.37. The van der Waals surface area contributed by atoms with Crippen molar-refractivity contribution in [1.29, 1.82) is 0 Å². The molecule has 1 aliphatic heterocycles. The van der Waals surface area contributed by atoms with Crippen LogP contribution in [0, 0.1) is 0 Å². The number of hydrogen-bond donors (Lipinski definition) is 2. The lowest BCUT2D eigenvalue weighted by atomic mass is 10.1. The molecule has 0 saturated heterocycles. The number of fused-ring (bicyclic) bond motifs is 2. The minimum absolute atomic E-state index is 0.134. The second-order valence-electron chi connectivity index (χ2n) is 9.32. The van der Waals surface area contributed by atoms with Gasteiger partial charge in [-0.2, -0.15) is 9.97 Å². The minimum Gasteiger partial charge on any atom is -0.368 e. The number of ether oxygens (including phenoxy) is 1. The molecule has 3 heterocycles. The van der Waals surface area contributed by atoms with Crippen LogP contribution in [0.2, 0.25) is 25.7 Å². The average Bonchev–Trinajstić information content (AvgIpc) is 3.29. The Morgan fingerprint density at radius 2 is 2.00 bits per heavy atom. The molecular weight excluding hydrogens is 444 g/mol. The number of aromatic nitrogens is 3. The molecule has 32 heavy (non-hydrogen) atoms. The third-order valence-corrected chi connectivity index (χ3v) is 8.34. The van der Waals surface area contributed by atoms with Crippen LogP contribution < -0.4 is 15.4 Å². The lowest BCUT2D eigenvalue weighted by Crippen LogP contribution is -2.28. The summed E-state index contributed by atoms with van der Waals surface area (Å²) in [5.41, 5.74) is 8.99. The number of hydrogen-bond acceptors (Lipinski definition) is 7. The van der Waals surface area contributed by atoms with Gasteiger partial charge in [-0.1, -0.05) is 31.8 Å². The Kier molecular flexibility index (Phi) is 5.90. The molecule has 4 rings (SSSR count). The van der Waals surface area contributed by atoms with E-state index in [1.807, 2.05) is 35.0 Å². The van der Waals surface area contributed by atoms with E-state index < -0.39 is 18.1 Å². The smallest absolute Gasteiger partial charge is 0.232 e. The van der Waals surface area contributed by atoms with Crippen LogP contribution >= 0.6 is 0 Å². The zero-order valence-electron chi connectivity index (χ0n) is 18.9. The van der Waals surface area contributed by atoms with Crippen LogP contribution in [-0.2, 0) is 27.9 Å². The highest BCUT2D eigenvalue weighted by atomic mass is 32.2. The lowest BCUT2D eigenvalue weighted by Gasteiger charge is -2.20. The SMILES string of the molecule is C[Si](C)(C)CCOCn1ccc2c(Nc3cccc4c3N(S(C)(=O)=O)CC4)nc(N)nc21. The van der Waals surface area contributed by atoms with Gasteiger partial charge in [0.05, 0.1) is 23.0 Å². The van der Waals surface area contributed by atoms with Gasteiger partial charge >= 0.3 is 0 Å². The van der Waals surface area contributed by atoms with Crippen molar-refractivity contribution >= 4 is 52.3 Å². The van der Waals surface area contributed by atoms with Crippen LogP contribution in [-0.4, -0.2) is 50.4 Å². The molecule has 0 amide bonds. The van der Waals surface area contributed by atoms with E-state index in [0.717, 1.165) is 17.0 Å². The summed E-state index contributed by atoms with van der Waals surface area (Å²) in [6.45, 7) is 8.47. The molecular formula is C21H30N6O3SSi. The summed E-state index contributed by atoms with van der Waals surface area (Å²) in [5, 5.41) is 4.09. The van der Waals surface area contributed by atoms with Gasteiger partial charge in [-0.15, -0.1) is 0 Å². The molecule has 0 radical (unpaired) electrons. The van der Waals surface area contributed by atoms with Crippen molar-refractivity contribution in [2.75, 3.05) is 34.8 Å². The predicted molar refractivity (Wildman–Crippen MR) is 132 cm³/mol. The Bertz CT molecular complexity index is 1250. The topological polar surface area (TPSA) is 115 Å². The van der Waals surface area contributed by atoms with Gasteiger partial charge in [-0.05, 0) is 30.2 Å². The summed E-state index contributed by atoms with van der Waals surface area (Å²) in [5.74, 6) is 0.664. The highest BCUT2D eigenvalue weighted by molar-refractivity contribution is 7.92. The number of para-hydroxylation sites is 1. The first-order valence-corrected chi connectivity index (χ1v) is 16.2. The van der Waals surface area contributed by atoms with Gasteiger partial charge in [-0.3, -0.25) is 4.31 Å². The van der Waals surface area contributed by atoms with Crippen LogP contribution in [0.3, 0.4) is 0 Å². The van der Waals surface area contributed by atoms with Crippen LogP contribution in [0.4, 0.5) is 23.1 Å². The van der Waals surface area contributed by atoms with E-state index in [0.29, 0.717) is 49.1 Å². The number of benzene rings is 1. The van der Waals surface area contributed by atoms with Gasteiger partial charge in [0.25, 0.3) is 0 Å². The summed E-state index contributed by atoms with van der Waals surface area (Å²) in [6, 6.07) is 8.71. The Morgan fingerprint density at radius 3 is 2.72 bits per heavy atom. The quantitative estimate of drug-likeness (QED) is 0.380.